The number of nitrogens with zero attached hydrogens (tertiary/aromatic N) is 2. The van der Waals surface area contributed by atoms with Gasteiger partial charge in [-0.3, -0.25) is 14.2 Å². The molecule has 0 bridgehead atoms. The molecule has 3 aromatic rings. The lowest BCUT2D eigenvalue weighted by atomic mass is 9.98. The number of aryl methyl sites for hydroxylation is 1. The molecule has 0 aliphatic carbocycles. The molecule has 0 saturated carbocycles. The second kappa shape index (κ2) is 8.31. The molecule has 1 atom stereocenters. The Hall–Kier alpha value is -2.73. The topological polar surface area (TPSA) is 61.2 Å². The number of Topliss-reactive ketones (excluding diaryl/α,β-unsaturated/α-hetero) is 1. The molecule has 2 heterocycles. The van der Waals surface area contributed by atoms with Crippen LogP contribution in [0.2, 0.25) is 0 Å². The molecule has 27 heavy (non-hydrogen) atoms. The molecule has 5 nitrogen and oxygen atoms in total. The second-order valence-electron chi connectivity index (χ2n) is 6.53. The highest BCUT2D eigenvalue weighted by Crippen LogP contribution is 2.23. The van der Waals surface area contributed by atoms with Crippen LogP contribution in [0.5, 0.6) is 0 Å². The normalized spacial score (nSPS) is 12.0. The number of esters is 1. The average molecular weight is 382 g/mol. The van der Waals surface area contributed by atoms with Crippen LogP contribution in [0.25, 0.3) is 5.13 Å². The predicted octanol–water partition coefficient (Wildman–Crippen LogP) is 4.47. The Labute approximate surface area is 162 Å². The lowest BCUT2D eigenvalue weighted by Gasteiger charge is -2.11. The number of carbonyl (C=O) groups excluding carboxylic acids is 2. The van der Waals surface area contributed by atoms with Gasteiger partial charge in [-0.25, -0.2) is 4.98 Å². The zero-order chi connectivity index (χ0) is 19.4. The summed E-state index contributed by atoms with van der Waals surface area (Å²) in [5, 5.41) is 2.71. The predicted molar refractivity (Wildman–Crippen MR) is 106 cm³/mol. The van der Waals surface area contributed by atoms with Gasteiger partial charge >= 0.3 is 5.97 Å². The van der Waals surface area contributed by atoms with E-state index in [1.807, 2.05) is 67.1 Å². The highest BCUT2D eigenvalue weighted by Gasteiger charge is 2.20. The first-order chi connectivity index (χ1) is 13.0. The van der Waals surface area contributed by atoms with Gasteiger partial charge in [-0.05, 0) is 31.4 Å². The summed E-state index contributed by atoms with van der Waals surface area (Å²) in [6, 6.07) is 11.6. The minimum Gasteiger partial charge on any atom is -0.457 e. The molecule has 0 aliphatic rings. The van der Waals surface area contributed by atoms with Crippen molar-refractivity contribution in [1.82, 2.24) is 9.55 Å². The van der Waals surface area contributed by atoms with E-state index in [2.05, 4.69) is 4.98 Å². The third kappa shape index (κ3) is 4.34. The summed E-state index contributed by atoms with van der Waals surface area (Å²) >= 11 is 1.51. The van der Waals surface area contributed by atoms with Crippen LogP contribution in [0.15, 0.2) is 48.0 Å². The summed E-state index contributed by atoms with van der Waals surface area (Å²) in [6.07, 6.45) is 1.98. The maximum Gasteiger partial charge on any atom is 0.306 e. The van der Waals surface area contributed by atoms with Crippen LogP contribution in [0.1, 0.15) is 46.6 Å². The molecule has 0 unspecified atom stereocenters. The van der Waals surface area contributed by atoms with Crippen LogP contribution in [-0.4, -0.2) is 27.9 Å². The molecule has 0 saturated heterocycles. The minimum absolute atomic E-state index is 0.0452. The van der Waals surface area contributed by atoms with Gasteiger partial charge in [-0.15, -0.1) is 11.3 Å². The van der Waals surface area contributed by atoms with E-state index in [1.54, 1.807) is 6.20 Å². The van der Waals surface area contributed by atoms with Crippen LogP contribution >= 0.6 is 11.3 Å². The Balaban J connectivity index is 1.61. The van der Waals surface area contributed by atoms with Crippen molar-refractivity contribution in [3.8, 4) is 5.13 Å². The summed E-state index contributed by atoms with van der Waals surface area (Å²) in [5.41, 5.74) is 3.37. The molecule has 3 rings (SSSR count). The summed E-state index contributed by atoms with van der Waals surface area (Å²) in [6.45, 7) is 5.53. The molecule has 0 fully saturated rings. The largest absolute Gasteiger partial charge is 0.457 e. The molecule has 0 amide bonds. The molecular formula is C21H22N2O3S. The zero-order valence-corrected chi connectivity index (χ0v) is 16.5. The maximum atomic E-state index is 12.6. The Bertz CT molecular complexity index is 930. The summed E-state index contributed by atoms with van der Waals surface area (Å²) in [7, 11) is 0. The fraction of sp³-hybridized carbons (Fsp3) is 0.286. The Morgan fingerprint density at radius 3 is 2.63 bits per heavy atom. The van der Waals surface area contributed by atoms with E-state index in [4.69, 9.17) is 4.74 Å². The molecular weight excluding hydrogens is 360 g/mol. The van der Waals surface area contributed by atoms with E-state index in [0.29, 0.717) is 5.56 Å². The van der Waals surface area contributed by atoms with Gasteiger partial charge in [0.25, 0.3) is 0 Å². The maximum absolute atomic E-state index is 12.6. The van der Waals surface area contributed by atoms with E-state index < -0.39 is 0 Å². The van der Waals surface area contributed by atoms with Crippen molar-refractivity contribution >= 4 is 23.1 Å². The van der Waals surface area contributed by atoms with Crippen molar-refractivity contribution in [3.63, 3.8) is 0 Å². The SMILES string of the molecule is Cc1cc(C(=O)COC(=O)C[C@@H](C)c2ccccc2)c(C)n1-c1nccs1. The van der Waals surface area contributed by atoms with E-state index in [0.717, 1.165) is 22.1 Å². The number of benzene rings is 1. The van der Waals surface area contributed by atoms with E-state index in [9.17, 15) is 9.59 Å². The van der Waals surface area contributed by atoms with Crippen molar-refractivity contribution in [2.45, 2.75) is 33.1 Å². The summed E-state index contributed by atoms with van der Waals surface area (Å²) < 4.78 is 7.18. The van der Waals surface area contributed by atoms with Crippen molar-refractivity contribution < 1.29 is 14.3 Å². The Morgan fingerprint density at radius 1 is 1.22 bits per heavy atom. The summed E-state index contributed by atoms with van der Waals surface area (Å²) in [4.78, 5) is 29.0. The molecule has 140 valence electrons. The molecule has 2 aromatic heterocycles. The van der Waals surface area contributed by atoms with Crippen LogP contribution in [-0.2, 0) is 9.53 Å². The highest BCUT2D eigenvalue weighted by molar-refractivity contribution is 7.12. The van der Waals surface area contributed by atoms with Crippen molar-refractivity contribution in [1.29, 1.82) is 0 Å². The smallest absolute Gasteiger partial charge is 0.306 e. The minimum atomic E-state index is -0.367. The molecule has 6 heteroatoms. The average Bonchev–Trinajstić information content (AvgIpc) is 3.28. The zero-order valence-electron chi connectivity index (χ0n) is 15.6. The van der Waals surface area contributed by atoms with Gasteiger partial charge in [0.05, 0.1) is 6.42 Å². The first kappa shape index (κ1) is 19.0. The van der Waals surface area contributed by atoms with Gasteiger partial charge in [-0.2, -0.15) is 0 Å². The summed E-state index contributed by atoms with van der Waals surface area (Å²) in [5.74, 6) is -0.524. The van der Waals surface area contributed by atoms with Crippen LogP contribution in [0.4, 0.5) is 0 Å². The number of hydrogen-bond acceptors (Lipinski definition) is 5. The third-order valence-corrected chi connectivity index (χ3v) is 5.30. The second-order valence-corrected chi connectivity index (χ2v) is 7.41. The fourth-order valence-corrected chi connectivity index (χ4v) is 3.85. The quantitative estimate of drug-likeness (QED) is 0.447. The van der Waals surface area contributed by atoms with Crippen LogP contribution < -0.4 is 0 Å². The van der Waals surface area contributed by atoms with Crippen LogP contribution in [0.3, 0.4) is 0 Å². The standard InChI is InChI=1S/C21H22N2O3S/c1-14(17-7-5-4-6-8-17)11-20(25)26-13-19(24)18-12-15(2)23(16(18)3)21-22-9-10-27-21/h4-10,12,14H,11,13H2,1-3H3/t14-/m1/s1. The number of ether oxygens (including phenoxy) is 1. The van der Waals surface area contributed by atoms with Gasteiger partial charge in [0.2, 0.25) is 5.78 Å². The van der Waals surface area contributed by atoms with E-state index in [-0.39, 0.29) is 30.7 Å². The highest BCUT2D eigenvalue weighted by atomic mass is 32.1. The Morgan fingerprint density at radius 2 is 1.96 bits per heavy atom. The number of hydrogen-bond donors (Lipinski definition) is 0. The number of ketones is 1. The van der Waals surface area contributed by atoms with Gasteiger partial charge < -0.3 is 4.74 Å². The first-order valence-electron chi connectivity index (χ1n) is 8.80. The van der Waals surface area contributed by atoms with Crippen LogP contribution in [0, 0.1) is 13.8 Å². The third-order valence-electron chi connectivity index (χ3n) is 4.55. The number of aromatic nitrogens is 2. The molecule has 0 aliphatic heterocycles. The number of rotatable bonds is 7. The Kier molecular flexibility index (Phi) is 5.86. The molecule has 0 radical (unpaired) electrons. The molecule has 0 spiro atoms. The molecule has 1 aromatic carbocycles. The van der Waals surface area contributed by atoms with Gasteiger partial charge in [0.15, 0.2) is 11.7 Å². The van der Waals surface area contributed by atoms with Crippen molar-refractivity contribution in [3.05, 3.63) is 70.5 Å². The fourth-order valence-electron chi connectivity index (χ4n) is 3.10. The van der Waals surface area contributed by atoms with Gasteiger partial charge in [-0.1, -0.05) is 37.3 Å². The van der Waals surface area contributed by atoms with Gasteiger partial charge in [0.1, 0.15) is 0 Å². The van der Waals surface area contributed by atoms with Crippen molar-refractivity contribution in [2.24, 2.45) is 0 Å². The van der Waals surface area contributed by atoms with Crippen molar-refractivity contribution in [2.75, 3.05) is 6.61 Å². The lowest BCUT2D eigenvalue weighted by Crippen LogP contribution is -2.16. The first-order valence-corrected chi connectivity index (χ1v) is 9.68. The van der Waals surface area contributed by atoms with E-state index in [1.165, 1.54) is 11.3 Å². The monoisotopic (exact) mass is 382 g/mol. The number of carbonyl (C=O) groups is 2. The lowest BCUT2D eigenvalue weighted by molar-refractivity contribution is -0.142. The number of thiazole rings is 1. The van der Waals surface area contributed by atoms with E-state index >= 15 is 0 Å². The van der Waals surface area contributed by atoms with Gasteiger partial charge in [0, 0.05) is 28.5 Å². The molecule has 0 N–H and O–H groups in total.